The molecule has 2 aliphatic rings. The normalized spacial score (nSPS) is 29.1. The SMILES string of the molecule is CC(C)NCC1CCCC1CC1CSc2ccccc21. The molecule has 2 heteroatoms. The van der Waals surface area contributed by atoms with Gasteiger partial charge >= 0.3 is 0 Å². The number of thioether (sulfide) groups is 1. The van der Waals surface area contributed by atoms with Crippen LogP contribution < -0.4 is 5.32 Å². The molecule has 1 aliphatic heterocycles. The van der Waals surface area contributed by atoms with Crippen molar-refractivity contribution in [2.45, 2.75) is 56.4 Å². The first kappa shape index (κ1) is 14.5. The van der Waals surface area contributed by atoms with E-state index >= 15 is 0 Å². The molecular weight excluding hydrogens is 262 g/mol. The Hall–Kier alpha value is -0.470. The third-order valence-corrected chi connectivity index (χ3v) is 6.24. The van der Waals surface area contributed by atoms with Gasteiger partial charge in [-0.2, -0.15) is 0 Å². The molecule has 1 saturated carbocycles. The van der Waals surface area contributed by atoms with Gasteiger partial charge in [-0.3, -0.25) is 0 Å². The van der Waals surface area contributed by atoms with E-state index < -0.39 is 0 Å². The maximum atomic E-state index is 3.66. The molecule has 1 heterocycles. The van der Waals surface area contributed by atoms with Gasteiger partial charge in [0.2, 0.25) is 0 Å². The third-order valence-electron chi connectivity index (χ3n) is 4.99. The molecule has 0 amide bonds. The van der Waals surface area contributed by atoms with Gasteiger partial charge in [-0.05, 0) is 48.8 Å². The molecule has 3 atom stereocenters. The lowest BCUT2D eigenvalue weighted by Crippen LogP contribution is -2.31. The first-order valence-corrected chi connectivity index (χ1v) is 9.17. The summed E-state index contributed by atoms with van der Waals surface area (Å²) in [5.74, 6) is 3.97. The van der Waals surface area contributed by atoms with Crippen LogP contribution in [0.4, 0.5) is 0 Å². The zero-order valence-corrected chi connectivity index (χ0v) is 13.6. The molecular formula is C18H27NS. The highest BCUT2D eigenvalue weighted by molar-refractivity contribution is 7.99. The van der Waals surface area contributed by atoms with E-state index in [1.54, 1.807) is 5.56 Å². The Morgan fingerprint density at radius 1 is 1.20 bits per heavy atom. The Balaban J connectivity index is 1.60. The van der Waals surface area contributed by atoms with Crippen LogP contribution in [0.1, 0.15) is 51.0 Å². The van der Waals surface area contributed by atoms with E-state index in [-0.39, 0.29) is 0 Å². The van der Waals surface area contributed by atoms with Crippen LogP contribution in [-0.4, -0.2) is 18.3 Å². The summed E-state index contributed by atoms with van der Waals surface area (Å²) in [4.78, 5) is 1.53. The second-order valence-electron chi connectivity index (χ2n) is 6.80. The molecule has 0 radical (unpaired) electrons. The largest absolute Gasteiger partial charge is 0.314 e. The molecule has 3 rings (SSSR count). The van der Waals surface area contributed by atoms with Crippen molar-refractivity contribution in [3.63, 3.8) is 0 Å². The van der Waals surface area contributed by atoms with E-state index in [4.69, 9.17) is 0 Å². The van der Waals surface area contributed by atoms with Gasteiger partial charge < -0.3 is 5.32 Å². The van der Waals surface area contributed by atoms with Crippen molar-refractivity contribution >= 4 is 11.8 Å². The average Bonchev–Trinajstić information content (AvgIpc) is 3.05. The first-order chi connectivity index (χ1) is 9.74. The second kappa shape index (κ2) is 6.53. The number of benzene rings is 1. The monoisotopic (exact) mass is 289 g/mol. The molecule has 1 N–H and O–H groups in total. The van der Waals surface area contributed by atoms with Gasteiger partial charge in [0, 0.05) is 16.7 Å². The van der Waals surface area contributed by atoms with Crippen LogP contribution in [-0.2, 0) is 0 Å². The van der Waals surface area contributed by atoms with Gasteiger partial charge in [0.05, 0.1) is 0 Å². The average molecular weight is 289 g/mol. The predicted octanol–water partition coefficient (Wildman–Crippen LogP) is 4.68. The van der Waals surface area contributed by atoms with Crippen molar-refractivity contribution in [2.24, 2.45) is 11.8 Å². The third kappa shape index (κ3) is 3.23. The van der Waals surface area contributed by atoms with E-state index in [0.29, 0.717) is 6.04 Å². The lowest BCUT2D eigenvalue weighted by atomic mass is 9.84. The number of rotatable bonds is 5. The van der Waals surface area contributed by atoms with Gasteiger partial charge in [-0.25, -0.2) is 0 Å². The minimum absolute atomic E-state index is 0.624. The summed E-state index contributed by atoms with van der Waals surface area (Å²) in [5.41, 5.74) is 1.62. The number of nitrogens with one attached hydrogen (secondary N) is 1. The zero-order chi connectivity index (χ0) is 13.9. The Kier molecular flexibility index (Phi) is 4.72. The van der Waals surface area contributed by atoms with Gasteiger partial charge in [-0.15, -0.1) is 11.8 Å². The van der Waals surface area contributed by atoms with Crippen LogP contribution >= 0.6 is 11.8 Å². The summed E-state index contributed by atoms with van der Waals surface area (Å²) in [6.07, 6.45) is 5.74. The molecule has 1 aliphatic carbocycles. The molecule has 0 spiro atoms. The van der Waals surface area contributed by atoms with Crippen molar-refractivity contribution in [3.05, 3.63) is 29.8 Å². The lowest BCUT2D eigenvalue weighted by Gasteiger charge is -2.24. The fourth-order valence-corrected chi connectivity index (χ4v) is 5.14. The van der Waals surface area contributed by atoms with Crippen molar-refractivity contribution in [1.82, 2.24) is 5.32 Å². The summed E-state index contributed by atoms with van der Waals surface area (Å²) < 4.78 is 0. The minimum atomic E-state index is 0.624. The maximum absolute atomic E-state index is 3.66. The molecule has 0 saturated heterocycles. The summed E-state index contributed by atoms with van der Waals surface area (Å²) in [6, 6.07) is 9.67. The van der Waals surface area contributed by atoms with Crippen LogP contribution in [0.15, 0.2) is 29.2 Å². The van der Waals surface area contributed by atoms with E-state index in [9.17, 15) is 0 Å². The number of hydrogen-bond donors (Lipinski definition) is 1. The highest BCUT2D eigenvalue weighted by Gasteiger charge is 2.32. The summed E-state index contributed by atoms with van der Waals surface area (Å²) >= 11 is 2.06. The Morgan fingerprint density at radius 2 is 2.00 bits per heavy atom. The Labute approximate surface area is 127 Å². The molecule has 1 aromatic carbocycles. The van der Waals surface area contributed by atoms with Gasteiger partial charge in [0.25, 0.3) is 0 Å². The zero-order valence-electron chi connectivity index (χ0n) is 12.8. The number of fused-ring (bicyclic) bond motifs is 1. The maximum Gasteiger partial charge on any atom is 0.0107 e. The number of hydrogen-bond acceptors (Lipinski definition) is 2. The van der Waals surface area contributed by atoms with Crippen molar-refractivity contribution in [3.8, 4) is 0 Å². The van der Waals surface area contributed by atoms with Crippen LogP contribution in [0.2, 0.25) is 0 Å². The highest BCUT2D eigenvalue weighted by Crippen LogP contribution is 2.46. The van der Waals surface area contributed by atoms with Crippen molar-refractivity contribution in [2.75, 3.05) is 12.3 Å². The fraction of sp³-hybridized carbons (Fsp3) is 0.667. The van der Waals surface area contributed by atoms with E-state index in [1.807, 2.05) is 0 Å². The topological polar surface area (TPSA) is 12.0 Å². The van der Waals surface area contributed by atoms with Crippen LogP contribution in [0.3, 0.4) is 0 Å². The second-order valence-corrected chi connectivity index (χ2v) is 7.86. The molecule has 110 valence electrons. The molecule has 0 bridgehead atoms. The van der Waals surface area contributed by atoms with Gasteiger partial charge in [-0.1, -0.05) is 44.9 Å². The van der Waals surface area contributed by atoms with Gasteiger partial charge in [0.1, 0.15) is 0 Å². The molecule has 1 nitrogen and oxygen atoms in total. The first-order valence-electron chi connectivity index (χ1n) is 8.19. The Morgan fingerprint density at radius 3 is 2.85 bits per heavy atom. The molecule has 1 fully saturated rings. The van der Waals surface area contributed by atoms with E-state index in [2.05, 4.69) is 55.2 Å². The van der Waals surface area contributed by atoms with Crippen LogP contribution in [0, 0.1) is 11.8 Å². The molecule has 0 aromatic heterocycles. The van der Waals surface area contributed by atoms with Crippen molar-refractivity contribution < 1.29 is 0 Å². The fourth-order valence-electron chi connectivity index (χ4n) is 3.87. The minimum Gasteiger partial charge on any atom is -0.314 e. The summed E-state index contributed by atoms with van der Waals surface area (Å²) in [5, 5.41) is 3.66. The van der Waals surface area contributed by atoms with E-state index in [1.165, 1.54) is 42.9 Å². The van der Waals surface area contributed by atoms with Gasteiger partial charge in [0.15, 0.2) is 0 Å². The quantitative estimate of drug-likeness (QED) is 0.844. The lowest BCUT2D eigenvalue weighted by molar-refractivity contribution is 0.324. The Bertz CT molecular complexity index is 443. The molecule has 3 unspecified atom stereocenters. The molecule has 20 heavy (non-hydrogen) atoms. The highest BCUT2D eigenvalue weighted by atomic mass is 32.2. The van der Waals surface area contributed by atoms with Crippen LogP contribution in [0.25, 0.3) is 0 Å². The summed E-state index contributed by atoms with van der Waals surface area (Å²) in [6.45, 7) is 5.74. The van der Waals surface area contributed by atoms with E-state index in [0.717, 1.165) is 17.8 Å². The standard InChI is InChI=1S/C18H27NS/c1-13(2)19-11-15-7-5-6-14(15)10-16-12-20-18-9-4-3-8-17(16)18/h3-4,8-9,13-16,19H,5-7,10-12H2,1-2H3. The van der Waals surface area contributed by atoms with Crippen molar-refractivity contribution in [1.29, 1.82) is 0 Å². The smallest absolute Gasteiger partial charge is 0.0107 e. The molecule has 1 aromatic rings. The van der Waals surface area contributed by atoms with Crippen LogP contribution in [0.5, 0.6) is 0 Å². The summed E-state index contributed by atoms with van der Waals surface area (Å²) in [7, 11) is 0. The predicted molar refractivity (Wildman–Crippen MR) is 88.5 cm³/mol.